The lowest BCUT2D eigenvalue weighted by atomic mass is 10.2. The van der Waals surface area contributed by atoms with Crippen molar-refractivity contribution >= 4 is 5.90 Å². The second-order valence-corrected chi connectivity index (χ2v) is 2.90. The van der Waals surface area contributed by atoms with Gasteiger partial charge in [0.25, 0.3) is 0 Å². The molecule has 1 aromatic rings. The molecule has 0 heterocycles. The van der Waals surface area contributed by atoms with Crippen molar-refractivity contribution in [2.24, 2.45) is 4.99 Å². The van der Waals surface area contributed by atoms with E-state index in [2.05, 4.69) is 10.3 Å². The van der Waals surface area contributed by atoms with Gasteiger partial charge in [0, 0.05) is 6.54 Å². The summed E-state index contributed by atoms with van der Waals surface area (Å²) in [6.45, 7) is 1.19. The van der Waals surface area contributed by atoms with Gasteiger partial charge in [-0.1, -0.05) is 30.3 Å². The molecule has 0 spiro atoms. The van der Waals surface area contributed by atoms with Gasteiger partial charge in [-0.3, -0.25) is 0 Å². The van der Waals surface area contributed by atoms with Crippen LogP contribution in [0.5, 0.6) is 0 Å². The Kier molecular flexibility index (Phi) is 4.91. The van der Waals surface area contributed by atoms with E-state index in [0.29, 0.717) is 12.4 Å². The largest absolute Gasteiger partial charge is 0.483 e. The molecule has 15 heavy (non-hydrogen) atoms. The molecule has 78 valence electrons. The maximum Gasteiger partial charge on any atom is 0.213 e. The van der Waals surface area contributed by atoms with Crippen LogP contribution in [0.25, 0.3) is 0 Å². The minimum absolute atomic E-state index is 0.397. The van der Waals surface area contributed by atoms with Crippen LogP contribution in [0.4, 0.5) is 0 Å². The molecule has 0 aliphatic rings. The third-order valence-corrected chi connectivity index (χ3v) is 1.86. The first-order chi connectivity index (χ1) is 7.36. The number of nitrogens with one attached hydrogen (secondary N) is 1. The fourth-order valence-electron chi connectivity index (χ4n) is 1.12. The highest BCUT2D eigenvalue weighted by Gasteiger charge is 1.97. The summed E-state index contributed by atoms with van der Waals surface area (Å²) in [6, 6.07) is 10.00. The number of nitrogens with zero attached hydrogens (tertiary/aromatic N) is 2. The molecule has 0 radical (unpaired) electrons. The smallest absolute Gasteiger partial charge is 0.213 e. The van der Waals surface area contributed by atoms with Crippen molar-refractivity contribution in [3.63, 3.8) is 0 Å². The molecule has 0 aromatic heterocycles. The van der Waals surface area contributed by atoms with E-state index in [1.165, 1.54) is 12.7 Å². The van der Waals surface area contributed by atoms with Crippen LogP contribution in [0.15, 0.2) is 35.3 Å². The molecule has 0 saturated carbocycles. The van der Waals surface area contributed by atoms with Crippen LogP contribution in [0.2, 0.25) is 0 Å². The Morgan fingerprint density at radius 3 is 2.80 bits per heavy atom. The first-order valence-electron chi connectivity index (χ1n) is 4.61. The molecular formula is C11H13N3O. The summed E-state index contributed by atoms with van der Waals surface area (Å²) in [7, 11) is 1.50. The van der Waals surface area contributed by atoms with Crippen molar-refractivity contribution < 1.29 is 4.74 Å². The molecule has 0 fully saturated rings. The minimum atomic E-state index is 0.397. The first-order valence-corrected chi connectivity index (χ1v) is 4.61. The quantitative estimate of drug-likeness (QED) is 0.456. The summed E-state index contributed by atoms with van der Waals surface area (Å²) in [5.74, 6) is 0.397. The van der Waals surface area contributed by atoms with Gasteiger partial charge in [0.1, 0.15) is 0 Å². The van der Waals surface area contributed by atoms with Gasteiger partial charge in [-0.25, -0.2) is 0 Å². The average molecular weight is 203 g/mol. The molecule has 4 heteroatoms. The summed E-state index contributed by atoms with van der Waals surface area (Å²) in [4.78, 5) is 3.51. The Bertz CT molecular complexity index is 354. The molecule has 4 nitrogen and oxygen atoms in total. The molecule has 0 bridgehead atoms. The Balaban J connectivity index is 2.34. The number of methoxy groups -OCH3 is 1. The van der Waals surface area contributed by atoms with Crippen molar-refractivity contribution in [1.29, 1.82) is 5.26 Å². The molecule has 0 aliphatic carbocycles. The summed E-state index contributed by atoms with van der Waals surface area (Å²) >= 11 is 0. The van der Waals surface area contributed by atoms with Gasteiger partial charge < -0.3 is 10.1 Å². The molecule has 0 amide bonds. The predicted molar refractivity (Wildman–Crippen MR) is 58.2 cm³/mol. The molecule has 1 rings (SSSR count). The van der Waals surface area contributed by atoms with Crippen LogP contribution < -0.4 is 5.32 Å². The van der Waals surface area contributed by atoms with Crippen LogP contribution >= 0.6 is 0 Å². The van der Waals surface area contributed by atoms with E-state index in [0.717, 1.165) is 6.54 Å². The number of hydrogen-bond donors (Lipinski definition) is 1. The van der Waals surface area contributed by atoms with Crippen molar-refractivity contribution in [3.05, 3.63) is 35.9 Å². The van der Waals surface area contributed by atoms with E-state index in [-0.39, 0.29) is 0 Å². The number of nitriles is 1. The second-order valence-electron chi connectivity index (χ2n) is 2.90. The van der Waals surface area contributed by atoms with Gasteiger partial charge in [-0.2, -0.15) is 5.26 Å². The van der Waals surface area contributed by atoms with Gasteiger partial charge in [0.15, 0.2) is 0 Å². The predicted octanol–water partition coefficient (Wildman–Crippen LogP) is 1.30. The van der Waals surface area contributed by atoms with Gasteiger partial charge >= 0.3 is 0 Å². The van der Waals surface area contributed by atoms with E-state index < -0.39 is 0 Å². The number of aliphatic imine (C=N–C) groups is 1. The zero-order chi connectivity index (χ0) is 10.9. The van der Waals surface area contributed by atoms with Crippen LogP contribution in [0.3, 0.4) is 0 Å². The first kappa shape index (κ1) is 11.2. The second kappa shape index (κ2) is 6.57. The van der Waals surface area contributed by atoms with E-state index in [9.17, 15) is 0 Å². The van der Waals surface area contributed by atoms with Crippen LogP contribution in [0, 0.1) is 11.5 Å². The normalized spacial score (nSPS) is 10.8. The third kappa shape index (κ3) is 4.25. The van der Waals surface area contributed by atoms with Crippen molar-refractivity contribution in [2.75, 3.05) is 13.7 Å². The minimum Gasteiger partial charge on any atom is -0.483 e. The average Bonchev–Trinajstić information content (AvgIpc) is 2.29. The number of rotatable bonds is 4. The lowest BCUT2D eigenvalue weighted by Gasteiger charge is -2.05. The van der Waals surface area contributed by atoms with Crippen molar-refractivity contribution in [3.8, 4) is 6.19 Å². The monoisotopic (exact) mass is 203 g/mol. The highest BCUT2D eigenvalue weighted by atomic mass is 16.5. The van der Waals surface area contributed by atoms with Gasteiger partial charge in [0.05, 0.1) is 13.7 Å². The maximum atomic E-state index is 8.34. The van der Waals surface area contributed by atoms with Crippen LogP contribution in [-0.2, 0) is 11.3 Å². The number of hydrogen-bond acceptors (Lipinski definition) is 4. The molecule has 0 atom stereocenters. The lowest BCUT2D eigenvalue weighted by molar-refractivity contribution is 0.390. The highest BCUT2D eigenvalue weighted by Crippen LogP contribution is 1.96. The third-order valence-electron chi connectivity index (χ3n) is 1.86. The molecule has 0 aliphatic heterocycles. The summed E-state index contributed by atoms with van der Waals surface area (Å²) < 4.78 is 4.89. The van der Waals surface area contributed by atoms with Gasteiger partial charge in [-0.15, -0.1) is 4.99 Å². The maximum absolute atomic E-state index is 8.34. The standard InChI is InChI=1S/C11H13N3O/c1-15-11(14-9-12)8-13-7-10-5-3-2-4-6-10/h2-6,13H,7-8H2,1H3. The fraction of sp³-hybridized carbons (Fsp3) is 0.273. The van der Waals surface area contributed by atoms with Crippen LogP contribution in [0.1, 0.15) is 5.56 Å². The van der Waals surface area contributed by atoms with Gasteiger partial charge in [0.2, 0.25) is 12.1 Å². The summed E-state index contributed by atoms with van der Waals surface area (Å²) in [5, 5.41) is 11.5. The Morgan fingerprint density at radius 2 is 2.20 bits per heavy atom. The van der Waals surface area contributed by atoms with E-state index in [1.807, 2.05) is 30.3 Å². The van der Waals surface area contributed by atoms with Crippen molar-refractivity contribution in [2.45, 2.75) is 6.54 Å². The Morgan fingerprint density at radius 1 is 1.47 bits per heavy atom. The SMILES string of the molecule is COC(CNCc1ccccc1)=NC#N. The summed E-state index contributed by atoms with van der Waals surface area (Å²) in [5.41, 5.74) is 1.19. The molecular weight excluding hydrogens is 190 g/mol. The van der Waals surface area contributed by atoms with Crippen LogP contribution in [-0.4, -0.2) is 19.6 Å². The number of ether oxygens (including phenoxy) is 1. The van der Waals surface area contributed by atoms with E-state index >= 15 is 0 Å². The topological polar surface area (TPSA) is 57.4 Å². The summed E-state index contributed by atoms with van der Waals surface area (Å²) in [6.07, 6.45) is 1.69. The Labute approximate surface area is 89.2 Å². The van der Waals surface area contributed by atoms with Gasteiger partial charge in [-0.05, 0) is 5.56 Å². The zero-order valence-corrected chi connectivity index (χ0v) is 8.60. The molecule has 0 unspecified atom stereocenters. The highest BCUT2D eigenvalue weighted by molar-refractivity contribution is 5.78. The van der Waals surface area contributed by atoms with E-state index in [4.69, 9.17) is 10.00 Å². The zero-order valence-electron chi connectivity index (χ0n) is 8.60. The Hall–Kier alpha value is -1.86. The molecule has 0 saturated heterocycles. The lowest BCUT2D eigenvalue weighted by Crippen LogP contribution is -2.23. The number of benzene rings is 1. The molecule has 1 aromatic carbocycles. The fourth-order valence-corrected chi connectivity index (χ4v) is 1.12. The van der Waals surface area contributed by atoms with E-state index in [1.54, 1.807) is 6.19 Å². The molecule has 1 N–H and O–H groups in total. The van der Waals surface area contributed by atoms with Crippen molar-refractivity contribution in [1.82, 2.24) is 5.32 Å².